The molecule has 8 rings (SSSR count). The molecule has 3 heteroatoms. The number of allylic oxidation sites excluding steroid dienone is 2. The van der Waals surface area contributed by atoms with E-state index in [1.807, 2.05) is 0 Å². The predicted octanol–water partition coefficient (Wildman–Crippen LogP) is 10.0. The first-order chi connectivity index (χ1) is 20.9. The van der Waals surface area contributed by atoms with Gasteiger partial charge in [0.05, 0.1) is 0 Å². The summed E-state index contributed by atoms with van der Waals surface area (Å²) in [6, 6.07) is 32.0. The van der Waals surface area contributed by atoms with E-state index in [-0.39, 0.29) is 0 Å². The number of fused-ring (bicyclic) bond motifs is 4. The normalized spacial score (nSPS) is 17.7. The first-order valence-electron chi connectivity index (χ1n) is 16.0. The minimum atomic E-state index is -2.20. The zero-order chi connectivity index (χ0) is 29.3. The van der Waals surface area contributed by atoms with E-state index in [4.69, 9.17) is 0 Å². The third kappa shape index (κ3) is 4.12. The fraction of sp³-hybridized carbons (Fsp3) is 0.250. The Labute approximate surface area is 258 Å². The van der Waals surface area contributed by atoms with Crippen molar-refractivity contribution < 1.29 is 0 Å². The van der Waals surface area contributed by atoms with Gasteiger partial charge in [-0.1, -0.05) is 84.9 Å². The van der Waals surface area contributed by atoms with E-state index < -0.39 is 8.07 Å². The van der Waals surface area contributed by atoms with E-state index in [1.54, 1.807) is 10.4 Å². The molecule has 4 aliphatic rings. The molecular weight excluding hydrogens is 537 g/mol. The summed E-state index contributed by atoms with van der Waals surface area (Å²) in [5, 5.41) is 3.20. The molecule has 0 aromatic heterocycles. The standard InChI is InChI=1S/C40H40N2Si/c1-27-25-31-15-9-21-35(41-23-11-17-29-13-5-7-19-33(29)41)37(31)39(27)43(3,4)40-28(2)26-32-16-10-22-36(38(32)40)42-24-12-18-30-14-6-8-20-34(30)42/h5-10,13-16,19-22,25-26H,11-12,17-18,23-24H2,1-4H3. The zero-order valence-electron chi connectivity index (χ0n) is 25.9. The number of para-hydroxylation sites is 2. The molecule has 2 aliphatic heterocycles. The van der Waals surface area contributed by atoms with Crippen LogP contribution < -0.4 is 9.80 Å². The molecule has 2 nitrogen and oxygen atoms in total. The number of hydrogen-bond acceptors (Lipinski definition) is 2. The van der Waals surface area contributed by atoms with Crippen LogP contribution in [0.4, 0.5) is 22.7 Å². The predicted molar refractivity (Wildman–Crippen MR) is 186 cm³/mol. The maximum atomic E-state index is 2.61. The van der Waals surface area contributed by atoms with E-state index in [2.05, 4.69) is 135 Å². The number of hydrogen-bond donors (Lipinski definition) is 0. The molecule has 0 unspecified atom stereocenters. The summed E-state index contributed by atoms with van der Waals surface area (Å²) >= 11 is 0. The molecular formula is C40H40N2Si. The van der Waals surface area contributed by atoms with Gasteiger partial charge in [0.25, 0.3) is 0 Å². The third-order valence-corrected chi connectivity index (χ3v) is 14.0. The van der Waals surface area contributed by atoms with Gasteiger partial charge in [0, 0.05) is 59.8 Å². The smallest absolute Gasteiger partial charge is 0.113 e. The second-order valence-electron chi connectivity index (χ2n) is 13.3. The highest BCUT2D eigenvalue weighted by Gasteiger charge is 2.43. The van der Waals surface area contributed by atoms with Crippen LogP contribution >= 0.6 is 0 Å². The second kappa shape index (κ2) is 10.1. The molecule has 0 saturated heterocycles. The fourth-order valence-electron chi connectivity index (χ4n) is 8.66. The second-order valence-corrected chi connectivity index (χ2v) is 17.5. The van der Waals surface area contributed by atoms with Crippen LogP contribution in [-0.4, -0.2) is 21.2 Å². The molecule has 0 bridgehead atoms. The van der Waals surface area contributed by atoms with E-state index in [1.165, 1.54) is 80.1 Å². The third-order valence-electron chi connectivity index (χ3n) is 10.2. The summed E-state index contributed by atoms with van der Waals surface area (Å²) < 4.78 is 0. The molecule has 4 aromatic carbocycles. The lowest BCUT2D eigenvalue weighted by atomic mass is 9.99. The molecule has 214 valence electrons. The minimum absolute atomic E-state index is 1.07. The van der Waals surface area contributed by atoms with Gasteiger partial charge >= 0.3 is 0 Å². The van der Waals surface area contributed by atoms with Crippen molar-refractivity contribution in [3.05, 3.63) is 142 Å². The van der Waals surface area contributed by atoms with Gasteiger partial charge in [0.15, 0.2) is 0 Å². The Morgan fingerprint density at radius 2 is 0.930 bits per heavy atom. The van der Waals surface area contributed by atoms with Gasteiger partial charge in [-0.25, -0.2) is 0 Å². The maximum absolute atomic E-state index is 2.61. The molecule has 4 aromatic rings. The summed E-state index contributed by atoms with van der Waals surface area (Å²) in [6.07, 6.45) is 9.63. The summed E-state index contributed by atoms with van der Waals surface area (Å²) in [6.45, 7) is 12.1. The number of aryl methyl sites for hydroxylation is 2. The van der Waals surface area contributed by atoms with Crippen LogP contribution in [0.5, 0.6) is 0 Å². The van der Waals surface area contributed by atoms with Crippen LogP contribution in [0.15, 0.2) is 96.1 Å². The number of rotatable bonds is 4. The average Bonchev–Trinajstić information content (AvgIpc) is 3.56. The molecule has 2 radical (unpaired) electrons. The van der Waals surface area contributed by atoms with Crippen LogP contribution in [0.1, 0.15) is 60.1 Å². The maximum Gasteiger partial charge on any atom is 0.113 e. The molecule has 2 heterocycles. The Morgan fingerprint density at radius 3 is 1.40 bits per heavy atom. The number of anilines is 4. The van der Waals surface area contributed by atoms with Crippen molar-refractivity contribution in [3.8, 4) is 0 Å². The molecule has 0 amide bonds. The first kappa shape index (κ1) is 26.8. The van der Waals surface area contributed by atoms with Gasteiger partial charge in [-0.3, -0.25) is 0 Å². The molecule has 0 spiro atoms. The lowest BCUT2D eigenvalue weighted by molar-refractivity contribution is 0.766. The molecule has 2 aliphatic carbocycles. The largest absolute Gasteiger partial charge is 0.341 e. The van der Waals surface area contributed by atoms with Gasteiger partial charge < -0.3 is 9.80 Å². The summed E-state index contributed by atoms with van der Waals surface area (Å²) in [7, 11) is -2.20. The van der Waals surface area contributed by atoms with E-state index in [0.717, 1.165) is 25.9 Å². The Kier molecular flexibility index (Phi) is 6.31. The zero-order valence-corrected chi connectivity index (χ0v) is 26.9. The average molecular weight is 577 g/mol. The molecule has 43 heavy (non-hydrogen) atoms. The van der Waals surface area contributed by atoms with Gasteiger partial charge in [-0.05, 0) is 96.4 Å². The summed E-state index contributed by atoms with van der Waals surface area (Å²) in [4.78, 5) is 5.22. The van der Waals surface area contributed by atoms with Gasteiger partial charge in [-0.2, -0.15) is 0 Å². The van der Waals surface area contributed by atoms with Gasteiger partial charge in [0.1, 0.15) is 8.07 Å². The summed E-state index contributed by atoms with van der Waals surface area (Å²) in [5.74, 6) is 0. The van der Waals surface area contributed by atoms with Crippen molar-refractivity contribution in [1.82, 2.24) is 0 Å². The first-order valence-corrected chi connectivity index (χ1v) is 19.0. The van der Waals surface area contributed by atoms with Gasteiger partial charge in [0.2, 0.25) is 0 Å². The Bertz CT molecular complexity index is 1710. The van der Waals surface area contributed by atoms with Crippen molar-refractivity contribution in [2.45, 2.75) is 52.6 Å². The summed E-state index contributed by atoms with van der Waals surface area (Å²) in [5.41, 5.74) is 17.1. The highest BCUT2D eigenvalue weighted by atomic mass is 28.3. The van der Waals surface area contributed by atoms with E-state index in [9.17, 15) is 0 Å². The van der Waals surface area contributed by atoms with E-state index >= 15 is 0 Å². The molecule has 0 atom stereocenters. The Balaban J connectivity index is 1.28. The van der Waals surface area contributed by atoms with Crippen molar-refractivity contribution in [2.75, 3.05) is 22.9 Å². The van der Waals surface area contributed by atoms with Gasteiger partial charge in [-0.15, -0.1) is 0 Å². The quantitative estimate of drug-likeness (QED) is 0.223. The minimum Gasteiger partial charge on any atom is -0.341 e. The topological polar surface area (TPSA) is 6.48 Å². The van der Waals surface area contributed by atoms with Crippen LogP contribution in [0.2, 0.25) is 13.1 Å². The molecule has 0 saturated carbocycles. The van der Waals surface area contributed by atoms with Crippen molar-refractivity contribution in [2.24, 2.45) is 0 Å². The van der Waals surface area contributed by atoms with Crippen LogP contribution in [-0.2, 0) is 12.8 Å². The lowest BCUT2D eigenvalue weighted by Crippen LogP contribution is -2.33. The number of benzene rings is 4. The van der Waals surface area contributed by atoms with Crippen molar-refractivity contribution in [1.29, 1.82) is 0 Å². The molecule has 0 N–H and O–H groups in total. The van der Waals surface area contributed by atoms with Crippen molar-refractivity contribution >= 4 is 41.2 Å². The van der Waals surface area contributed by atoms with E-state index in [0.29, 0.717) is 0 Å². The Hall–Kier alpha value is -3.82. The van der Waals surface area contributed by atoms with Crippen LogP contribution in [0.25, 0.3) is 10.4 Å². The lowest BCUT2D eigenvalue weighted by Gasteiger charge is -2.37. The molecule has 0 fully saturated rings. The fourth-order valence-corrected chi connectivity index (χ4v) is 12.8. The van der Waals surface area contributed by atoms with Crippen LogP contribution in [0.3, 0.4) is 0 Å². The monoisotopic (exact) mass is 576 g/mol. The van der Waals surface area contributed by atoms with Crippen LogP contribution in [0, 0.1) is 12.8 Å². The van der Waals surface area contributed by atoms with Crippen molar-refractivity contribution in [3.63, 3.8) is 0 Å². The SMILES string of the molecule is CC1=C([Si](C)(C)C2=C(C)[CH]c3cccc(N4CCCc5ccccc54)c32)c2c(cccc2N2CCCc3ccccc32)[CH]1. The Morgan fingerprint density at radius 1 is 0.512 bits per heavy atom. The highest BCUT2D eigenvalue weighted by molar-refractivity contribution is 7.09. The number of nitrogens with zero attached hydrogens (tertiary/aromatic N) is 2. The highest BCUT2D eigenvalue weighted by Crippen LogP contribution is 2.54.